The fraction of sp³-hybridized carbons (Fsp3) is 0.160. The number of ether oxygens (including phenoxy) is 1. The minimum absolute atomic E-state index is 0.0413. The Balaban J connectivity index is 1.50. The monoisotopic (exact) mass is 521 g/mol. The second kappa shape index (κ2) is 9.36. The Labute approximate surface area is 204 Å². The number of nitrogen functional groups attached to an aromatic ring is 1. The highest BCUT2D eigenvalue weighted by atomic mass is 79.9. The van der Waals surface area contributed by atoms with E-state index in [1.807, 2.05) is 48.5 Å². The van der Waals surface area contributed by atoms with Crippen LogP contribution in [0.4, 0.5) is 10.1 Å². The van der Waals surface area contributed by atoms with Gasteiger partial charge in [-0.2, -0.15) is 4.80 Å². The molecule has 4 aromatic rings. The summed E-state index contributed by atoms with van der Waals surface area (Å²) in [5.74, 6) is -0.466. The number of hydrogen-bond acceptors (Lipinski definition) is 5. The van der Waals surface area contributed by atoms with E-state index in [2.05, 4.69) is 21.0 Å². The van der Waals surface area contributed by atoms with Crippen molar-refractivity contribution in [1.29, 1.82) is 0 Å². The van der Waals surface area contributed by atoms with Crippen molar-refractivity contribution >= 4 is 27.5 Å². The molecule has 0 bridgehead atoms. The highest BCUT2D eigenvalue weighted by Gasteiger charge is 2.37. The lowest BCUT2D eigenvalue weighted by Gasteiger charge is -2.22. The summed E-state index contributed by atoms with van der Waals surface area (Å²) in [4.78, 5) is 15.9. The van der Waals surface area contributed by atoms with Crippen LogP contribution < -0.4 is 5.73 Å². The van der Waals surface area contributed by atoms with Crippen molar-refractivity contribution in [3.05, 3.63) is 94.3 Å². The van der Waals surface area contributed by atoms with E-state index in [1.165, 1.54) is 16.9 Å². The third-order valence-electron chi connectivity index (χ3n) is 5.64. The number of nitrogens with zero attached hydrogens (tertiary/aromatic N) is 4. The van der Waals surface area contributed by atoms with Gasteiger partial charge in [0.05, 0.1) is 5.69 Å². The van der Waals surface area contributed by atoms with Gasteiger partial charge in [-0.1, -0.05) is 28.1 Å². The fourth-order valence-electron chi connectivity index (χ4n) is 3.84. The molecular weight excluding hydrogens is 501 g/mol. The average molecular weight is 522 g/mol. The predicted octanol–water partition coefficient (Wildman–Crippen LogP) is 4.52. The van der Waals surface area contributed by atoms with Crippen LogP contribution in [-0.2, 0) is 16.0 Å². The molecule has 0 aliphatic carbocycles. The average Bonchev–Trinajstić information content (AvgIpc) is 3.43. The summed E-state index contributed by atoms with van der Waals surface area (Å²) < 4.78 is 20.4. The first-order chi connectivity index (χ1) is 16.5. The van der Waals surface area contributed by atoms with Crippen LogP contribution in [0.1, 0.15) is 17.5 Å². The lowest BCUT2D eigenvalue weighted by molar-refractivity contribution is -0.128. The van der Waals surface area contributed by atoms with Gasteiger partial charge < -0.3 is 15.4 Å². The van der Waals surface area contributed by atoms with E-state index in [-0.39, 0.29) is 18.3 Å². The SMILES string of the molecule is Nc1ccc(CCN2C(=O)CO[C@H]2c2nn(-c3ccc(Br)cc3)nc2-c2ccc(F)cc2)cc1. The molecule has 3 aromatic carbocycles. The molecule has 172 valence electrons. The molecule has 1 amide bonds. The van der Waals surface area contributed by atoms with Gasteiger partial charge in [0.1, 0.15) is 23.8 Å². The number of amides is 1. The second-order valence-electron chi connectivity index (χ2n) is 7.95. The van der Waals surface area contributed by atoms with Gasteiger partial charge in [-0.3, -0.25) is 4.79 Å². The van der Waals surface area contributed by atoms with Gasteiger partial charge in [0.2, 0.25) is 0 Å². The van der Waals surface area contributed by atoms with Crippen molar-refractivity contribution in [2.24, 2.45) is 0 Å². The maximum atomic E-state index is 13.6. The summed E-state index contributed by atoms with van der Waals surface area (Å²) in [5, 5.41) is 9.38. The van der Waals surface area contributed by atoms with Crippen molar-refractivity contribution in [2.45, 2.75) is 12.6 Å². The van der Waals surface area contributed by atoms with Crippen LogP contribution in [0.3, 0.4) is 0 Å². The minimum Gasteiger partial charge on any atom is -0.399 e. The molecule has 0 unspecified atom stereocenters. The number of nitrogens with two attached hydrogens (primary N) is 1. The Bertz CT molecular complexity index is 1310. The van der Waals surface area contributed by atoms with Crippen LogP contribution in [0, 0.1) is 5.82 Å². The normalized spacial score (nSPS) is 15.8. The van der Waals surface area contributed by atoms with E-state index in [4.69, 9.17) is 15.6 Å². The maximum Gasteiger partial charge on any atom is 0.251 e. The van der Waals surface area contributed by atoms with E-state index in [0.29, 0.717) is 35.6 Å². The molecule has 1 aliphatic rings. The van der Waals surface area contributed by atoms with Crippen LogP contribution in [0.2, 0.25) is 0 Å². The highest BCUT2D eigenvalue weighted by Crippen LogP contribution is 2.33. The number of anilines is 1. The highest BCUT2D eigenvalue weighted by molar-refractivity contribution is 9.10. The second-order valence-corrected chi connectivity index (χ2v) is 8.86. The molecule has 34 heavy (non-hydrogen) atoms. The van der Waals surface area contributed by atoms with E-state index >= 15 is 0 Å². The molecular formula is C25H21BrFN5O2. The molecule has 1 saturated heterocycles. The van der Waals surface area contributed by atoms with Gasteiger partial charge in [0.15, 0.2) is 6.23 Å². The maximum absolute atomic E-state index is 13.6. The standard InChI is InChI=1S/C25H21BrFN5O2/c26-18-5-11-21(12-6-18)32-29-23(17-3-7-19(27)8-4-17)24(30-32)25-31(22(33)15-34-25)14-13-16-1-9-20(28)10-2-16/h1-12,25H,13-15,28H2/t25-/m0/s1. The zero-order valence-corrected chi connectivity index (χ0v) is 19.7. The van der Waals surface area contributed by atoms with E-state index in [0.717, 1.165) is 15.7 Å². The third kappa shape index (κ3) is 4.57. The number of benzene rings is 3. The summed E-state index contributed by atoms with van der Waals surface area (Å²) in [5.41, 5.74) is 9.98. The van der Waals surface area contributed by atoms with Crippen molar-refractivity contribution in [1.82, 2.24) is 19.9 Å². The van der Waals surface area contributed by atoms with Gasteiger partial charge in [-0.25, -0.2) is 4.39 Å². The van der Waals surface area contributed by atoms with Gasteiger partial charge in [-0.05, 0) is 72.6 Å². The topological polar surface area (TPSA) is 86.3 Å². The van der Waals surface area contributed by atoms with Crippen LogP contribution in [-0.4, -0.2) is 39.0 Å². The summed E-state index contributed by atoms with van der Waals surface area (Å²) in [7, 11) is 0. The van der Waals surface area contributed by atoms with Crippen molar-refractivity contribution in [2.75, 3.05) is 18.9 Å². The summed E-state index contributed by atoms with van der Waals surface area (Å²) in [6.07, 6.45) is -0.0657. The number of halogens is 2. The zero-order chi connectivity index (χ0) is 23.7. The first-order valence-corrected chi connectivity index (χ1v) is 11.5. The Hall–Kier alpha value is -3.56. The van der Waals surface area contributed by atoms with Gasteiger partial charge in [0.25, 0.3) is 5.91 Å². The Morgan fingerprint density at radius 3 is 2.41 bits per heavy atom. The molecule has 1 atom stereocenters. The predicted molar refractivity (Wildman–Crippen MR) is 129 cm³/mol. The zero-order valence-electron chi connectivity index (χ0n) is 18.1. The van der Waals surface area contributed by atoms with Crippen LogP contribution >= 0.6 is 15.9 Å². The Kier molecular flexibility index (Phi) is 6.12. The number of rotatable bonds is 6. The number of aromatic nitrogens is 3. The first-order valence-electron chi connectivity index (χ1n) is 10.7. The molecule has 0 saturated carbocycles. The van der Waals surface area contributed by atoms with Crippen LogP contribution in [0.15, 0.2) is 77.3 Å². The fourth-order valence-corrected chi connectivity index (χ4v) is 4.11. The van der Waals surface area contributed by atoms with Gasteiger partial charge in [-0.15, -0.1) is 10.2 Å². The van der Waals surface area contributed by atoms with Crippen molar-refractivity contribution in [3.8, 4) is 16.9 Å². The number of carbonyl (C=O) groups is 1. The molecule has 1 aromatic heterocycles. The van der Waals surface area contributed by atoms with E-state index < -0.39 is 6.23 Å². The quantitative estimate of drug-likeness (QED) is 0.377. The first kappa shape index (κ1) is 22.2. The van der Waals surface area contributed by atoms with Crippen molar-refractivity contribution < 1.29 is 13.9 Å². The van der Waals surface area contributed by atoms with E-state index in [9.17, 15) is 9.18 Å². The third-order valence-corrected chi connectivity index (χ3v) is 6.17. The Morgan fingerprint density at radius 1 is 1.00 bits per heavy atom. The molecule has 2 N–H and O–H groups in total. The summed E-state index contributed by atoms with van der Waals surface area (Å²) >= 11 is 3.43. The molecule has 1 fully saturated rings. The largest absolute Gasteiger partial charge is 0.399 e. The Morgan fingerprint density at radius 2 is 1.71 bits per heavy atom. The molecule has 7 nitrogen and oxygen atoms in total. The molecule has 9 heteroatoms. The molecule has 2 heterocycles. The van der Waals surface area contributed by atoms with Crippen molar-refractivity contribution in [3.63, 3.8) is 0 Å². The summed E-state index contributed by atoms with van der Waals surface area (Å²) in [6.45, 7) is 0.405. The lowest BCUT2D eigenvalue weighted by atomic mass is 10.1. The lowest BCUT2D eigenvalue weighted by Crippen LogP contribution is -2.31. The minimum atomic E-state index is -0.703. The molecule has 1 aliphatic heterocycles. The molecule has 5 rings (SSSR count). The number of hydrogen-bond donors (Lipinski definition) is 1. The molecule has 0 spiro atoms. The number of carbonyl (C=O) groups excluding carboxylic acids is 1. The van der Waals surface area contributed by atoms with Gasteiger partial charge in [0, 0.05) is 22.3 Å². The van der Waals surface area contributed by atoms with E-state index in [1.54, 1.807) is 17.0 Å². The van der Waals surface area contributed by atoms with Crippen LogP contribution in [0.25, 0.3) is 16.9 Å². The van der Waals surface area contributed by atoms with Crippen LogP contribution in [0.5, 0.6) is 0 Å². The molecule has 0 radical (unpaired) electrons. The van der Waals surface area contributed by atoms with Gasteiger partial charge >= 0.3 is 0 Å². The summed E-state index contributed by atoms with van der Waals surface area (Å²) in [6, 6.07) is 21.1. The smallest absolute Gasteiger partial charge is 0.251 e.